The van der Waals surface area contributed by atoms with Crippen LogP contribution in [0.4, 0.5) is 0 Å². The summed E-state index contributed by atoms with van der Waals surface area (Å²) in [6.45, 7) is 0.718. The number of benzene rings is 1. The average molecular weight is 369 g/mol. The Morgan fingerprint density at radius 2 is 2.09 bits per heavy atom. The summed E-state index contributed by atoms with van der Waals surface area (Å²) in [4.78, 5) is 11.1. The van der Waals surface area contributed by atoms with E-state index in [0.29, 0.717) is 17.6 Å². The molecule has 0 spiro atoms. The van der Waals surface area contributed by atoms with E-state index in [1.807, 2.05) is 12.1 Å². The maximum absolute atomic E-state index is 11.1. The Hall–Kier alpha value is -1.23. The van der Waals surface area contributed by atoms with Gasteiger partial charge in [-0.05, 0) is 77.1 Å². The number of hydrogen-bond donors (Lipinski definition) is 1. The highest BCUT2D eigenvalue weighted by atomic mass is 79.9. The fourth-order valence-electron chi connectivity index (χ4n) is 2.82. The summed E-state index contributed by atoms with van der Waals surface area (Å²) in [7, 11) is 1.62. The second-order valence-corrected chi connectivity index (χ2v) is 7.18. The molecule has 0 aliphatic heterocycles. The number of aliphatic carboxylic acids is 1. The van der Waals surface area contributed by atoms with Crippen molar-refractivity contribution < 1.29 is 19.4 Å². The van der Waals surface area contributed by atoms with Crippen molar-refractivity contribution in [2.24, 2.45) is 11.8 Å². The number of carboxylic acids is 1. The molecule has 2 saturated carbocycles. The highest BCUT2D eigenvalue weighted by Gasteiger charge is 2.34. The van der Waals surface area contributed by atoms with Crippen molar-refractivity contribution in [2.45, 2.75) is 38.0 Å². The number of carboxylic acid groups (broad SMARTS) is 1. The van der Waals surface area contributed by atoms with Gasteiger partial charge in [-0.2, -0.15) is 0 Å². The molecule has 2 aliphatic carbocycles. The van der Waals surface area contributed by atoms with Gasteiger partial charge in [0.1, 0.15) is 0 Å². The fourth-order valence-corrected chi connectivity index (χ4v) is 3.40. The molecule has 0 saturated heterocycles. The van der Waals surface area contributed by atoms with Crippen LogP contribution in [0.2, 0.25) is 0 Å². The minimum Gasteiger partial charge on any atom is -0.493 e. The molecule has 2 fully saturated rings. The van der Waals surface area contributed by atoms with Crippen molar-refractivity contribution >= 4 is 21.9 Å². The maximum atomic E-state index is 11.1. The second kappa shape index (κ2) is 6.49. The Morgan fingerprint density at radius 1 is 1.36 bits per heavy atom. The summed E-state index contributed by atoms with van der Waals surface area (Å²) in [5, 5.41) is 9.16. The lowest BCUT2D eigenvalue weighted by atomic mass is 9.91. The molecule has 3 rings (SSSR count). The number of ether oxygens (including phenoxy) is 2. The number of carbonyl (C=O) groups is 1. The third kappa shape index (κ3) is 3.75. The van der Waals surface area contributed by atoms with E-state index in [9.17, 15) is 4.79 Å². The lowest BCUT2D eigenvalue weighted by Crippen LogP contribution is -2.09. The minimum atomic E-state index is -0.749. The van der Waals surface area contributed by atoms with Crippen LogP contribution >= 0.6 is 15.9 Å². The lowest BCUT2D eigenvalue weighted by molar-refractivity contribution is -0.137. The predicted octanol–water partition coefficient (Wildman–Crippen LogP) is 4.21. The molecule has 0 amide bonds. The molecule has 5 heteroatoms. The second-order valence-electron chi connectivity index (χ2n) is 6.33. The average Bonchev–Trinajstić information content (AvgIpc) is 3.36. The predicted molar refractivity (Wildman–Crippen MR) is 86.6 cm³/mol. The van der Waals surface area contributed by atoms with Gasteiger partial charge in [-0.3, -0.25) is 4.79 Å². The molecule has 1 unspecified atom stereocenters. The maximum Gasteiger partial charge on any atom is 0.303 e. The van der Waals surface area contributed by atoms with Gasteiger partial charge in [0, 0.05) is 0 Å². The van der Waals surface area contributed by atoms with Crippen LogP contribution in [0, 0.1) is 11.8 Å². The van der Waals surface area contributed by atoms with Crippen molar-refractivity contribution in [3.8, 4) is 11.5 Å². The van der Waals surface area contributed by atoms with Gasteiger partial charge in [-0.1, -0.05) is 0 Å². The summed E-state index contributed by atoms with van der Waals surface area (Å²) in [6.07, 6.45) is 4.86. The minimum absolute atomic E-state index is 0.0557. The summed E-state index contributed by atoms with van der Waals surface area (Å²) in [6, 6.07) is 3.94. The van der Waals surface area contributed by atoms with E-state index in [4.69, 9.17) is 14.6 Å². The number of halogens is 1. The zero-order valence-electron chi connectivity index (χ0n) is 12.7. The van der Waals surface area contributed by atoms with Crippen LogP contribution in [0.1, 0.15) is 43.6 Å². The zero-order valence-corrected chi connectivity index (χ0v) is 14.3. The molecule has 0 aromatic heterocycles. The van der Waals surface area contributed by atoms with Crippen molar-refractivity contribution in [3.63, 3.8) is 0 Å². The first-order chi connectivity index (χ1) is 10.6. The summed E-state index contributed by atoms with van der Waals surface area (Å²) in [5.41, 5.74) is 1.02. The quantitative estimate of drug-likeness (QED) is 0.746. The lowest BCUT2D eigenvalue weighted by Gasteiger charge is -2.19. The van der Waals surface area contributed by atoms with E-state index in [1.165, 1.54) is 12.8 Å². The molecule has 0 heterocycles. The smallest absolute Gasteiger partial charge is 0.303 e. The number of methoxy groups -OCH3 is 1. The highest BCUT2D eigenvalue weighted by Crippen LogP contribution is 2.48. The molecule has 22 heavy (non-hydrogen) atoms. The fraction of sp³-hybridized carbons (Fsp3) is 0.588. The van der Waals surface area contributed by atoms with E-state index in [0.717, 1.165) is 35.2 Å². The van der Waals surface area contributed by atoms with Crippen LogP contribution in [0.3, 0.4) is 0 Å². The van der Waals surface area contributed by atoms with E-state index >= 15 is 0 Å². The molecular weight excluding hydrogens is 348 g/mol. The van der Waals surface area contributed by atoms with Crippen molar-refractivity contribution in [2.75, 3.05) is 13.7 Å². The van der Waals surface area contributed by atoms with Gasteiger partial charge in [0.15, 0.2) is 11.5 Å². The Kier molecular flexibility index (Phi) is 4.62. The van der Waals surface area contributed by atoms with Gasteiger partial charge in [-0.25, -0.2) is 0 Å². The molecule has 1 aromatic rings. The standard InChI is InChI=1S/C17H21BrO4/c1-21-15-7-12(13(8-16(19)20)11-4-5-11)6-14(18)17(15)22-9-10-2-3-10/h6-7,10-11,13H,2-5,8-9H2,1H3,(H,19,20). The monoisotopic (exact) mass is 368 g/mol. The molecule has 0 bridgehead atoms. The van der Waals surface area contributed by atoms with Crippen LogP contribution in [-0.4, -0.2) is 24.8 Å². The Morgan fingerprint density at radius 3 is 2.64 bits per heavy atom. The molecule has 0 radical (unpaired) electrons. The van der Waals surface area contributed by atoms with Crippen molar-refractivity contribution in [1.29, 1.82) is 0 Å². The van der Waals surface area contributed by atoms with Crippen LogP contribution in [-0.2, 0) is 4.79 Å². The molecule has 1 aromatic carbocycles. The zero-order chi connectivity index (χ0) is 15.7. The number of rotatable bonds is 8. The Bertz CT molecular complexity index is 564. The Balaban J connectivity index is 1.84. The molecule has 4 nitrogen and oxygen atoms in total. The van der Waals surface area contributed by atoms with E-state index in [2.05, 4.69) is 15.9 Å². The first-order valence-corrected chi connectivity index (χ1v) is 8.59. The van der Waals surface area contributed by atoms with Gasteiger partial charge >= 0.3 is 5.97 Å². The van der Waals surface area contributed by atoms with Crippen LogP contribution in [0.5, 0.6) is 11.5 Å². The molecule has 1 atom stereocenters. The molecular formula is C17H21BrO4. The van der Waals surface area contributed by atoms with Gasteiger partial charge in [0.25, 0.3) is 0 Å². The summed E-state index contributed by atoms with van der Waals surface area (Å²) >= 11 is 3.56. The first-order valence-electron chi connectivity index (χ1n) is 7.80. The molecule has 2 aliphatic rings. The number of hydrogen-bond acceptors (Lipinski definition) is 3. The molecule has 120 valence electrons. The summed E-state index contributed by atoms with van der Waals surface area (Å²) < 4.78 is 12.2. The Labute approximate surface area is 138 Å². The van der Waals surface area contributed by atoms with Crippen LogP contribution < -0.4 is 9.47 Å². The van der Waals surface area contributed by atoms with Gasteiger partial charge in [0.05, 0.1) is 24.6 Å². The highest BCUT2D eigenvalue weighted by molar-refractivity contribution is 9.10. The van der Waals surface area contributed by atoms with E-state index in [-0.39, 0.29) is 12.3 Å². The van der Waals surface area contributed by atoms with E-state index < -0.39 is 5.97 Å². The van der Waals surface area contributed by atoms with Gasteiger partial charge < -0.3 is 14.6 Å². The topological polar surface area (TPSA) is 55.8 Å². The first kappa shape index (κ1) is 15.7. The van der Waals surface area contributed by atoms with Crippen molar-refractivity contribution in [3.05, 3.63) is 22.2 Å². The SMILES string of the molecule is COc1cc(C(CC(=O)O)C2CC2)cc(Br)c1OCC1CC1. The molecule has 1 N–H and O–H groups in total. The van der Waals surface area contributed by atoms with E-state index in [1.54, 1.807) is 7.11 Å². The summed E-state index contributed by atoms with van der Waals surface area (Å²) in [5.74, 6) is 1.86. The third-order valence-corrected chi connectivity index (χ3v) is 5.01. The largest absolute Gasteiger partial charge is 0.493 e. The normalized spacial score (nSPS) is 18.8. The van der Waals surface area contributed by atoms with Crippen LogP contribution in [0.15, 0.2) is 16.6 Å². The van der Waals surface area contributed by atoms with Gasteiger partial charge in [-0.15, -0.1) is 0 Å². The van der Waals surface area contributed by atoms with Crippen LogP contribution in [0.25, 0.3) is 0 Å². The third-order valence-electron chi connectivity index (χ3n) is 4.43. The van der Waals surface area contributed by atoms with Crippen molar-refractivity contribution in [1.82, 2.24) is 0 Å². The van der Waals surface area contributed by atoms with Gasteiger partial charge in [0.2, 0.25) is 0 Å².